The summed E-state index contributed by atoms with van der Waals surface area (Å²) in [6.07, 6.45) is 12.7. The Morgan fingerprint density at radius 1 is 1.43 bits per heavy atom. The van der Waals surface area contributed by atoms with E-state index in [4.69, 9.17) is 4.74 Å². The van der Waals surface area contributed by atoms with Crippen molar-refractivity contribution in [2.75, 3.05) is 0 Å². The first-order valence-corrected chi connectivity index (χ1v) is 4.75. The summed E-state index contributed by atoms with van der Waals surface area (Å²) in [7, 11) is 0. The van der Waals surface area contributed by atoms with Crippen LogP contribution in [-0.2, 0) is 9.53 Å². The molecule has 3 rings (SSSR count). The van der Waals surface area contributed by atoms with Gasteiger partial charge in [0.05, 0.1) is 0 Å². The van der Waals surface area contributed by atoms with E-state index in [-0.39, 0.29) is 5.41 Å². The fourth-order valence-electron chi connectivity index (χ4n) is 2.52. The molecule has 0 aromatic heterocycles. The van der Waals surface area contributed by atoms with E-state index >= 15 is 0 Å². The summed E-state index contributed by atoms with van der Waals surface area (Å²) in [5, 5.41) is 0. The van der Waals surface area contributed by atoms with Gasteiger partial charge in [-0.2, -0.15) is 0 Å². The van der Waals surface area contributed by atoms with Crippen LogP contribution in [0.5, 0.6) is 0 Å². The van der Waals surface area contributed by atoms with Gasteiger partial charge in [0.15, 0.2) is 0 Å². The molecule has 0 N–H and O–H groups in total. The molecule has 2 nitrogen and oxygen atoms in total. The lowest BCUT2D eigenvalue weighted by atomic mass is 9.79. The predicted molar refractivity (Wildman–Crippen MR) is 52.2 cm³/mol. The van der Waals surface area contributed by atoms with Crippen LogP contribution in [0.1, 0.15) is 12.8 Å². The summed E-state index contributed by atoms with van der Waals surface area (Å²) >= 11 is 0. The molecule has 2 bridgehead atoms. The van der Waals surface area contributed by atoms with Crippen molar-refractivity contribution in [1.29, 1.82) is 0 Å². The van der Waals surface area contributed by atoms with Gasteiger partial charge in [0.1, 0.15) is 5.76 Å². The van der Waals surface area contributed by atoms with E-state index in [0.29, 0.717) is 12.2 Å². The van der Waals surface area contributed by atoms with E-state index in [9.17, 15) is 4.79 Å². The lowest BCUT2D eigenvalue weighted by Gasteiger charge is -2.25. The molecule has 1 spiro atoms. The van der Waals surface area contributed by atoms with Crippen molar-refractivity contribution in [2.45, 2.75) is 12.8 Å². The molecule has 1 atom stereocenters. The molecule has 0 saturated heterocycles. The fourth-order valence-corrected chi connectivity index (χ4v) is 2.52. The number of carbonyl (C=O) groups excluding carboxylic acids is 1. The van der Waals surface area contributed by atoms with Crippen LogP contribution in [0.4, 0.5) is 0 Å². The first-order chi connectivity index (χ1) is 6.84. The first-order valence-electron chi connectivity index (χ1n) is 4.75. The van der Waals surface area contributed by atoms with Gasteiger partial charge in [-0.15, -0.1) is 0 Å². The van der Waals surface area contributed by atoms with E-state index < -0.39 is 0 Å². The normalized spacial score (nSPS) is 31.9. The van der Waals surface area contributed by atoms with Gasteiger partial charge in [-0.1, -0.05) is 24.3 Å². The lowest BCUT2D eigenvalue weighted by molar-refractivity contribution is -0.124. The van der Waals surface area contributed by atoms with Crippen LogP contribution in [0.15, 0.2) is 47.3 Å². The van der Waals surface area contributed by atoms with Crippen LogP contribution in [0.2, 0.25) is 0 Å². The lowest BCUT2D eigenvalue weighted by Crippen LogP contribution is -2.15. The number of hydrogen-bond donors (Lipinski definition) is 0. The van der Waals surface area contributed by atoms with Gasteiger partial charge >= 0.3 is 0 Å². The molecular weight excluding hydrogens is 176 g/mol. The summed E-state index contributed by atoms with van der Waals surface area (Å²) in [5.74, 6) is 0.709. The summed E-state index contributed by atoms with van der Waals surface area (Å²) in [6, 6.07) is 0. The monoisotopic (exact) mass is 186 g/mol. The minimum Gasteiger partial charge on any atom is -0.428 e. The number of fused-ring (bicyclic) bond motifs is 1. The standard InChI is InChI=1S/C12H10O2/c13-8-14-11-3-5-12-4-1-2-10(12)6-9(11)7-12/h1-3,5-6,8H,4,7H2. The predicted octanol–water partition coefficient (Wildman–Crippen LogP) is 2.26. The molecule has 2 heteroatoms. The second-order valence-corrected chi connectivity index (χ2v) is 3.98. The van der Waals surface area contributed by atoms with E-state index in [2.05, 4.69) is 24.3 Å². The Balaban J connectivity index is 2.08. The number of allylic oxidation sites excluding steroid dienone is 7. The van der Waals surface area contributed by atoms with Crippen LogP contribution in [0, 0.1) is 5.41 Å². The van der Waals surface area contributed by atoms with Crippen LogP contribution in [-0.4, -0.2) is 6.47 Å². The zero-order valence-corrected chi connectivity index (χ0v) is 7.69. The summed E-state index contributed by atoms with van der Waals surface area (Å²) in [5.41, 5.74) is 2.71. The van der Waals surface area contributed by atoms with Crippen LogP contribution in [0.25, 0.3) is 0 Å². The van der Waals surface area contributed by atoms with Gasteiger partial charge in [0, 0.05) is 5.41 Å². The van der Waals surface area contributed by atoms with Crippen LogP contribution >= 0.6 is 0 Å². The van der Waals surface area contributed by atoms with E-state index in [1.165, 1.54) is 5.57 Å². The third-order valence-corrected chi connectivity index (χ3v) is 3.24. The van der Waals surface area contributed by atoms with Crippen LogP contribution in [0.3, 0.4) is 0 Å². The first kappa shape index (κ1) is 7.80. The molecule has 0 heterocycles. The Morgan fingerprint density at radius 3 is 3.21 bits per heavy atom. The molecular formula is C12H10O2. The maximum absolute atomic E-state index is 10.3. The van der Waals surface area contributed by atoms with Crippen molar-refractivity contribution in [3.05, 3.63) is 47.3 Å². The highest BCUT2D eigenvalue weighted by atomic mass is 16.5. The third kappa shape index (κ3) is 0.830. The zero-order valence-electron chi connectivity index (χ0n) is 7.69. The van der Waals surface area contributed by atoms with E-state index in [1.807, 2.05) is 6.08 Å². The molecule has 70 valence electrons. The highest BCUT2D eigenvalue weighted by molar-refractivity contribution is 5.57. The van der Waals surface area contributed by atoms with Crippen molar-refractivity contribution < 1.29 is 9.53 Å². The quantitative estimate of drug-likeness (QED) is 0.618. The smallest absolute Gasteiger partial charge is 0.298 e. The Labute approximate surface area is 82.3 Å². The van der Waals surface area contributed by atoms with Gasteiger partial charge in [-0.3, -0.25) is 4.79 Å². The fraction of sp³-hybridized carbons (Fsp3) is 0.250. The second-order valence-electron chi connectivity index (χ2n) is 3.98. The third-order valence-electron chi connectivity index (χ3n) is 3.24. The largest absolute Gasteiger partial charge is 0.428 e. The average molecular weight is 186 g/mol. The van der Waals surface area contributed by atoms with Gasteiger partial charge in [-0.25, -0.2) is 0 Å². The second kappa shape index (κ2) is 2.47. The molecule has 0 fully saturated rings. The minimum absolute atomic E-state index is 0.199. The Hall–Kier alpha value is -1.57. The van der Waals surface area contributed by atoms with E-state index in [1.54, 1.807) is 0 Å². The van der Waals surface area contributed by atoms with Gasteiger partial charge < -0.3 is 4.74 Å². The number of carbonyl (C=O) groups is 1. The summed E-state index contributed by atoms with van der Waals surface area (Å²) < 4.78 is 4.92. The molecule has 0 radical (unpaired) electrons. The van der Waals surface area contributed by atoms with Crippen molar-refractivity contribution in [1.82, 2.24) is 0 Å². The molecule has 3 aliphatic rings. The maximum Gasteiger partial charge on any atom is 0.298 e. The highest BCUT2D eigenvalue weighted by Crippen LogP contribution is 2.53. The Bertz CT molecular complexity index is 424. The summed E-state index contributed by atoms with van der Waals surface area (Å²) in [4.78, 5) is 10.3. The van der Waals surface area contributed by atoms with Crippen LogP contribution < -0.4 is 0 Å². The zero-order chi connectivity index (χ0) is 9.60. The molecule has 0 amide bonds. The summed E-state index contributed by atoms with van der Waals surface area (Å²) in [6.45, 7) is 0.493. The maximum atomic E-state index is 10.3. The van der Waals surface area contributed by atoms with Gasteiger partial charge in [-0.05, 0) is 30.1 Å². The average Bonchev–Trinajstić information content (AvgIpc) is 2.65. The molecule has 0 saturated carbocycles. The highest BCUT2D eigenvalue weighted by Gasteiger charge is 2.40. The minimum atomic E-state index is 0.199. The molecule has 0 aromatic carbocycles. The topological polar surface area (TPSA) is 26.3 Å². The molecule has 3 aliphatic carbocycles. The van der Waals surface area contributed by atoms with Crippen molar-refractivity contribution in [2.24, 2.45) is 5.41 Å². The van der Waals surface area contributed by atoms with Gasteiger partial charge in [0.2, 0.25) is 0 Å². The number of rotatable bonds is 2. The number of ether oxygens (including phenoxy) is 1. The van der Waals surface area contributed by atoms with Crippen molar-refractivity contribution in [3.8, 4) is 0 Å². The van der Waals surface area contributed by atoms with E-state index in [0.717, 1.165) is 18.4 Å². The SMILES string of the molecule is O=COC1=C2C=C3C=CCC3(C=C1)C2. The van der Waals surface area contributed by atoms with Crippen molar-refractivity contribution >= 4 is 6.47 Å². The molecule has 0 aliphatic heterocycles. The molecule has 0 aromatic rings. The van der Waals surface area contributed by atoms with Crippen molar-refractivity contribution in [3.63, 3.8) is 0 Å². The Kier molecular flexibility index (Phi) is 1.38. The Morgan fingerprint density at radius 2 is 2.36 bits per heavy atom. The molecule has 1 unspecified atom stereocenters. The van der Waals surface area contributed by atoms with Gasteiger partial charge in [0.25, 0.3) is 6.47 Å². The molecule has 14 heavy (non-hydrogen) atoms. The number of hydrogen-bond acceptors (Lipinski definition) is 2.